The zero-order valence-corrected chi connectivity index (χ0v) is 16.4. The standard InChI is InChI=1S/C23H25N3O3/c1-29-21-9-5-2-6-16(21)14-26-23(28)19-12-18(19)22(27)24-11-10-15-13-25-20-8-4-3-7-17(15)20/h2-9,13,18-19,25H,10-12,14H2,1H3,(H,24,27)(H,26,28). The van der Waals surface area contributed by atoms with E-state index in [1.807, 2.05) is 48.7 Å². The molecule has 0 saturated heterocycles. The summed E-state index contributed by atoms with van der Waals surface area (Å²) in [6, 6.07) is 15.7. The quantitative estimate of drug-likeness (QED) is 0.552. The Balaban J connectivity index is 1.22. The van der Waals surface area contributed by atoms with Crippen molar-refractivity contribution < 1.29 is 14.3 Å². The number of H-pyrrole nitrogens is 1. The number of hydrogen-bond donors (Lipinski definition) is 3. The molecule has 0 bridgehead atoms. The van der Waals surface area contributed by atoms with Crippen LogP contribution in [0.1, 0.15) is 17.5 Å². The second-order valence-corrected chi connectivity index (χ2v) is 7.38. The van der Waals surface area contributed by atoms with Crippen LogP contribution in [-0.4, -0.2) is 30.5 Å². The number of aromatic nitrogens is 1. The molecule has 3 N–H and O–H groups in total. The lowest BCUT2D eigenvalue weighted by Crippen LogP contribution is -2.31. The van der Waals surface area contributed by atoms with Crippen molar-refractivity contribution in [2.45, 2.75) is 19.4 Å². The van der Waals surface area contributed by atoms with E-state index in [-0.39, 0.29) is 23.7 Å². The van der Waals surface area contributed by atoms with E-state index in [0.717, 1.165) is 23.3 Å². The first-order valence-corrected chi connectivity index (χ1v) is 9.89. The minimum Gasteiger partial charge on any atom is -0.496 e. The summed E-state index contributed by atoms with van der Waals surface area (Å²) in [7, 11) is 1.61. The van der Waals surface area contributed by atoms with Crippen molar-refractivity contribution in [2.75, 3.05) is 13.7 Å². The van der Waals surface area contributed by atoms with E-state index in [9.17, 15) is 9.59 Å². The fourth-order valence-electron chi connectivity index (χ4n) is 3.73. The van der Waals surface area contributed by atoms with E-state index >= 15 is 0 Å². The summed E-state index contributed by atoms with van der Waals surface area (Å²) in [5, 5.41) is 7.07. The highest BCUT2D eigenvalue weighted by atomic mass is 16.5. The molecule has 6 nitrogen and oxygen atoms in total. The monoisotopic (exact) mass is 391 g/mol. The molecular formula is C23H25N3O3. The Morgan fingerprint density at radius 3 is 2.55 bits per heavy atom. The van der Waals surface area contributed by atoms with Crippen LogP contribution in [0.3, 0.4) is 0 Å². The molecular weight excluding hydrogens is 366 g/mol. The number of nitrogens with one attached hydrogen (secondary N) is 3. The van der Waals surface area contributed by atoms with Crippen molar-refractivity contribution in [3.63, 3.8) is 0 Å². The number of carbonyl (C=O) groups is 2. The zero-order valence-electron chi connectivity index (χ0n) is 16.4. The fraction of sp³-hybridized carbons (Fsp3) is 0.304. The molecule has 3 aromatic rings. The number of rotatable bonds is 8. The van der Waals surface area contributed by atoms with E-state index in [2.05, 4.69) is 21.7 Å². The van der Waals surface area contributed by atoms with Gasteiger partial charge in [0.1, 0.15) is 5.75 Å². The summed E-state index contributed by atoms with van der Waals surface area (Å²) >= 11 is 0. The van der Waals surface area contributed by atoms with Gasteiger partial charge in [0.15, 0.2) is 0 Å². The Labute approximate surface area is 169 Å². The molecule has 2 aromatic carbocycles. The van der Waals surface area contributed by atoms with Crippen LogP contribution in [0.15, 0.2) is 54.7 Å². The highest BCUT2D eigenvalue weighted by Crippen LogP contribution is 2.38. The Kier molecular flexibility index (Phi) is 5.51. The maximum atomic E-state index is 12.4. The third kappa shape index (κ3) is 4.26. The second kappa shape index (κ2) is 8.39. The molecule has 2 atom stereocenters. The molecule has 1 saturated carbocycles. The molecule has 1 aliphatic carbocycles. The number of fused-ring (bicyclic) bond motifs is 1. The van der Waals surface area contributed by atoms with Gasteiger partial charge in [-0.1, -0.05) is 36.4 Å². The van der Waals surface area contributed by atoms with Gasteiger partial charge in [0.05, 0.1) is 18.9 Å². The molecule has 4 rings (SSSR count). The summed E-state index contributed by atoms with van der Waals surface area (Å²) in [5.74, 6) is 0.165. The smallest absolute Gasteiger partial charge is 0.224 e. The average molecular weight is 391 g/mol. The van der Waals surface area contributed by atoms with E-state index in [1.165, 1.54) is 10.9 Å². The number of hydrogen-bond acceptors (Lipinski definition) is 3. The van der Waals surface area contributed by atoms with Crippen molar-refractivity contribution >= 4 is 22.7 Å². The average Bonchev–Trinajstić information content (AvgIpc) is 3.47. The maximum absolute atomic E-state index is 12.4. The zero-order chi connectivity index (χ0) is 20.2. The number of benzene rings is 2. The fourth-order valence-corrected chi connectivity index (χ4v) is 3.73. The van der Waals surface area contributed by atoms with E-state index in [0.29, 0.717) is 19.5 Å². The predicted octanol–water partition coefficient (Wildman–Crippen LogP) is 2.79. The molecule has 2 amide bonds. The second-order valence-electron chi connectivity index (χ2n) is 7.38. The van der Waals surface area contributed by atoms with Crippen molar-refractivity contribution in [3.8, 4) is 5.75 Å². The van der Waals surface area contributed by atoms with Crippen molar-refractivity contribution in [2.24, 2.45) is 11.8 Å². The van der Waals surface area contributed by atoms with E-state index in [1.54, 1.807) is 7.11 Å². The van der Waals surface area contributed by atoms with Crippen LogP contribution in [0.2, 0.25) is 0 Å². The van der Waals surface area contributed by atoms with Crippen molar-refractivity contribution in [1.29, 1.82) is 0 Å². The van der Waals surface area contributed by atoms with Gasteiger partial charge in [0.25, 0.3) is 0 Å². The van der Waals surface area contributed by atoms with Crippen LogP contribution < -0.4 is 15.4 Å². The number of ether oxygens (including phenoxy) is 1. The Morgan fingerprint density at radius 1 is 1.00 bits per heavy atom. The topological polar surface area (TPSA) is 83.2 Å². The van der Waals surface area contributed by atoms with Gasteiger partial charge in [-0.05, 0) is 30.5 Å². The third-order valence-corrected chi connectivity index (χ3v) is 5.48. The van der Waals surface area contributed by atoms with Gasteiger partial charge >= 0.3 is 0 Å². The van der Waals surface area contributed by atoms with Gasteiger partial charge in [-0.3, -0.25) is 9.59 Å². The van der Waals surface area contributed by atoms with E-state index < -0.39 is 0 Å². The summed E-state index contributed by atoms with van der Waals surface area (Å²) in [5.41, 5.74) is 3.20. The van der Waals surface area contributed by atoms with Crippen LogP contribution >= 0.6 is 0 Å². The molecule has 150 valence electrons. The lowest BCUT2D eigenvalue weighted by atomic mass is 10.1. The largest absolute Gasteiger partial charge is 0.496 e. The Morgan fingerprint density at radius 2 is 1.72 bits per heavy atom. The van der Waals surface area contributed by atoms with Crippen LogP contribution in [-0.2, 0) is 22.6 Å². The lowest BCUT2D eigenvalue weighted by molar-refractivity contribution is -0.127. The highest BCUT2D eigenvalue weighted by Gasteiger charge is 2.47. The Hall–Kier alpha value is -3.28. The Bertz CT molecular complexity index is 1030. The summed E-state index contributed by atoms with van der Waals surface area (Å²) in [6.45, 7) is 0.959. The SMILES string of the molecule is COc1ccccc1CNC(=O)C1CC1C(=O)NCCc1c[nH]c2ccccc12. The minimum atomic E-state index is -0.238. The molecule has 0 aliphatic heterocycles. The number of para-hydroxylation sites is 2. The first-order chi connectivity index (χ1) is 14.2. The third-order valence-electron chi connectivity index (χ3n) is 5.48. The molecule has 1 aromatic heterocycles. The molecule has 1 heterocycles. The molecule has 6 heteroatoms. The van der Waals surface area contributed by atoms with Gasteiger partial charge < -0.3 is 20.4 Å². The van der Waals surface area contributed by atoms with Gasteiger partial charge in [0.2, 0.25) is 11.8 Å². The van der Waals surface area contributed by atoms with Crippen molar-refractivity contribution in [3.05, 3.63) is 65.9 Å². The highest BCUT2D eigenvalue weighted by molar-refractivity contribution is 5.92. The van der Waals surface area contributed by atoms with Crippen LogP contribution in [0, 0.1) is 11.8 Å². The molecule has 0 spiro atoms. The molecule has 0 radical (unpaired) electrons. The number of amides is 2. The normalized spacial score (nSPS) is 17.7. The summed E-state index contributed by atoms with van der Waals surface area (Å²) in [4.78, 5) is 28.0. The van der Waals surface area contributed by atoms with Crippen LogP contribution in [0.25, 0.3) is 10.9 Å². The van der Waals surface area contributed by atoms with Gasteiger partial charge in [-0.25, -0.2) is 0 Å². The molecule has 1 aliphatic rings. The number of carbonyl (C=O) groups excluding carboxylic acids is 2. The molecule has 29 heavy (non-hydrogen) atoms. The first kappa shape index (κ1) is 19.1. The number of aromatic amines is 1. The van der Waals surface area contributed by atoms with Gasteiger partial charge in [-0.2, -0.15) is 0 Å². The minimum absolute atomic E-state index is 0.0396. The summed E-state index contributed by atoms with van der Waals surface area (Å²) < 4.78 is 5.30. The first-order valence-electron chi connectivity index (χ1n) is 9.89. The van der Waals surface area contributed by atoms with Gasteiger partial charge in [0, 0.05) is 35.8 Å². The molecule has 2 unspecified atom stereocenters. The van der Waals surface area contributed by atoms with Gasteiger partial charge in [-0.15, -0.1) is 0 Å². The van der Waals surface area contributed by atoms with E-state index in [4.69, 9.17) is 4.74 Å². The maximum Gasteiger partial charge on any atom is 0.224 e. The molecule has 1 fully saturated rings. The van der Waals surface area contributed by atoms with Crippen LogP contribution in [0.5, 0.6) is 5.75 Å². The van der Waals surface area contributed by atoms with Crippen LogP contribution in [0.4, 0.5) is 0 Å². The van der Waals surface area contributed by atoms with Crippen molar-refractivity contribution in [1.82, 2.24) is 15.6 Å². The summed E-state index contributed by atoms with van der Waals surface area (Å²) in [6.07, 6.45) is 3.35. The lowest BCUT2D eigenvalue weighted by Gasteiger charge is -2.09. The predicted molar refractivity (Wildman–Crippen MR) is 111 cm³/mol. The number of methoxy groups -OCH3 is 1.